The van der Waals surface area contributed by atoms with Gasteiger partial charge in [0.05, 0.1) is 0 Å². The summed E-state index contributed by atoms with van der Waals surface area (Å²) in [6.07, 6.45) is 6.82. The fraction of sp³-hybridized carbons (Fsp3) is 0.667. The first-order chi connectivity index (χ1) is 13.2. The summed E-state index contributed by atoms with van der Waals surface area (Å²) in [5.74, 6) is 2.27. The number of rotatable bonds is 3. The van der Waals surface area contributed by atoms with Gasteiger partial charge in [0.25, 0.3) is 0 Å². The molecule has 5 nitrogen and oxygen atoms in total. The Balaban J connectivity index is 1.32. The van der Waals surface area contributed by atoms with E-state index in [0.717, 1.165) is 61.5 Å². The Morgan fingerprint density at radius 3 is 2.26 bits per heavy atom. The summed E-state index contributed by atoms with van der Waals surface area (Å²) in [6, 6.07) is 4.10. The van der Waals surface area contributed by atoms with Gasteiger partial charge in [0.15, 0.2) is 11.5 Å². The fourth-order valence-corrected chi connectivity index (χ4v) is 4.80. The molecule has 0 unspecified atom stereocenters. The number of hydrogen-bond donors (Lipinski definition) is 0. The topological polar surface area (TPSA) is 42.0 Å². The summed E-state index contributed by atoms with van der Waals surface area (Å²) in [7, 11) is 0. The lowest BCUT2D eigenvalue weighted by Crippen LogP contribution is -2.42. The smallest absolute Gasteiger partial charge is 0.225 e. The first-order valence-electron chi connectivity index (χ1n) is 10.3. The molecule has 0 saturated carbocycles. The van der Waals surface area contributed by atoms with Gasteiger partial charge in [-0.15, -0.1) is 0 Å². The molecule has 0 aliphatic carbocycles. The van der Waals surface area contributed by atoms with E-state index in [9.17, 15) is 4.79 Å². The van der Waals surface area contributed by atoms with Crippen molar-refractivity contribution in [2.75, 3.05) is 39.4 Å². The molecule has 2 saturated heterocycles. The van der Waals surface area contributed by atoms with E-state index in [1.54, 1.807) is 0 Å². The highest BCUT2D eigenvalue weighted by molar-refractivity contribution is 9.10. The monoisotopic (exact) mass is 436 g/mol. The number of carbonyl (C=O) groups excluding carboxylic acids is 1. The van der Waals surface area contributed by atoms with Crippen molar-refractivity contribution in [2.24, 2.45) is 5.92 Å². The molecule has 0 N–H and O–H groups in total. The van der Waals surface area contributed by atoms with Crippen LogP contribution in [0.4, 0.5) is 0 Å². The zero-order valence-corrected chi connectivity index (χ0v) is 17.5. The third-order valence-electron chi connectivity index (χ3n) is 5.96. The molecule has 3 heterocycles. The minimum atomic E-state index is 0.211. The van der Waals surface area contributed by atoms with Crippen LogP contribution in [0.15, 0.2) is 16.6 Å². The summed E-state index contributed by atoms with van der Waals surface area (Å²) in [4.78, 5) is 17.4. The second kappa shape index (κ2) is 8.82. The van der Waals surface area contributed by atoms with Gasteiger partial charge in [-0.2, -0.15) is 0 Å². The summed E-state index contributed by atoms with van der Waals surface area (Å²) < 4.78 is 12.4. The molecule has 0 radical (unpaired) electrons. The Hall–Kier alpha value is -1.27. The number of carbonyl (C=O) groups is 1. The normalized spacial score (nSPS) is 21.7. The number of likely N-dealkylation sites (tertiary alicyclic amines) is 2. The van der Waals surface area contributed by atoms with E-state index >= 15 is 0 Å². The number of ether oxygens (including phenoxy) is 2. The van der Waals surface area contributed by atoms with Crippen molar-refractivity contribution in [1.82, 2.24) is 9.80 Å². The number of piperidine rings is 1. The van der Waals surface area contributed by atoms with Gasteiger partial charge >= 0.3 is 0 Å². The summed E-state index contributed by atoms with van der Waals surface area (Å²) in [5, 5.41) is 0. The van der Waals surface area contributed by atoms with Gasteiger partial charge in [0, 0.05) is 30.0 Å². The highest BCUT2D eigenvalue weighted by Crippen LogP contribution is 2.36. The Bertz CT molecular complexity index is 666. The van der Waals surface area contributed by atoms with Crippen molar-refractivity contribution < 1.29 is 14.3 Å². The molecule has 0 atom stereocenters. The van der Waals surface area contributed by atoms with Crippen molar-refractivity contribution in [3.8, 4) is 11.5 Å². The standard InChI is InChI=1S/C21H29BrN2O3/c22-18-14-20-19(26-11-12-27-20)13-17(18)15-23-9-5-16(6-10-23)21(25)24-7-3-1-2-4-8-24/h13-14,16H,1-12,15H2. The first kappa shape index (κ1) is 19.1. The zero-order valence-electron chi connectivity index (χ0n) is 15.9. The average molecular weight is 437 g/mol. The van der Waals surface area contributed by atoms with Crippen molar-refractivity contribution in [2.45, 2.75) is 45.1 Å². The third-order valence-corrected chi connectivity index (χ3v) is 6.70. The number of halogens is 1. The highest BCUT2D eigenvalue weighted by Gasteiger charge is 2.29. The lowest BCUT2D eigenvalue weighted by Gasteiger charge is -2.34. The molecule has 2 fully saturated rings. The molecule has 0 spiro atoms. The van der Waals surface area contributed by atoms with Crippen LogP contribution in [0.25, 0.3) is 0 Å². The summed E-state index contributed by atoms with van der Waals surface area (Å²) >= 11 is 3.67. The zero-order chi connectivity index (χ0) is 18.6. The maximum atomic E-state index is 12.9. The van der Waals surface area contributed by atoms with Crippen LogP contribution in [0.2, 0.25) is 0 Å². The van der Waals surface area contributed by atoms with Crippen LogP contribution in [-0.4, -0.2) is 55.1 Å². The Morgan fingerprint density at radius 1 is 0.963 bits per heavy atom. The van der Waals surface area contributed by atoms with Crippen molar-refractivity contribution >= 4 is 21.8 Å². The van der Waals surface area contributed by atoms with Gasteiger partial charge in [-0.05, 0) is 56.5 Å². The van der Waals surface area contributed by atoms with Crippen molar-refractivity contribution in [3.63, 3.8) is 0 Å². The van der Waals surface area contributed by atoms with Crippen LogP contribution >= 0.6 is 15.9 Å². The Kier molecular flexibility index (Phi) is 6.23. The van der Waals surface area contributed by atoms with Crippen LogP contribution in [0.3, 0.4) is 0 Å². The SMILES string of the molecule is O=C(C1CCN(Cc2cc3c(cc2Br)OCCO3)CC1)N1CCCCCC1. The van der Waals surface area contributed by atoms with E-state index in [2.05, 4.69) is 31.8 Å². The molecule has 4 rings (SSSR count). The maximum absolute atomic E-state index is 12.9. The van der Waals surface area contributed by atoms with Crippen LogP contribution < -0.4 is 9.47 Å². The van der Waals surface area contributed by atoms with E-state index in [1.807, 2.05) is 6.07 Å². The predicted molar refractivity (Wildman–Crippen MR) is 108 cm³/mol. The van der Waals surface area contributed by atoms with Crippen LogP contribution in [0, 0.1) is 5.92 Å². The molecule has 3 aliphatic rings. The van der Waals surface area contributed by atoms with Gasteiger partial charge in [0.1, 0.15) is 13.2 Å². The van der Waals surface area contributed by atoms with E-state index in [1.165, 1.54) is 31.2 Å². The number of benzene rings is 1. The van der Waals surface area contributed by atoms with Gasteiger partial charge in [0.2, 0.25) is 5.91 Å². The maximum Gasteiger partial charge on any atom is 0.225 e. The van der Waals surface area contributed by atoms with E-state index in [4.69, 9.17) is 9.47 Å². The lowest BCUT2D eigenvalue weighted by molar-refractivity contribution is -0.137. The van der Waals surface area contributed by atoms with E-state index in [0.29, 0.717) is 19.1 Å². The number of amides is 1. The van der Waals surface area contributed by atoms with Gasteiger partial charge in [-0.25, -0.2) is 0 Å². The third kappa shape index (κ3) is 4.60. The summed E-state index contributed by atoms with van der Waals surface area (Å²) in [5.41, 5.74) is 1.22. The van der Waals surface area contributed by atoms with Crippen molar-refractivity contribution in [1.29, 1.82) is 0 Å². The minimum absolute atomic E-state index is 0.211. The first-order valence-corrected chi connectivity index (χ1v) is 11.1. The van der Waals surface area contributed by atoms with Gasteiger partial charge in [-0.3, -0.25) is 9.69 Å². The molecule has 27 heavy (non-hydrogen) atoms. The van der Waals surface area contributed by atoms with E-state index < -0.39 is 0 Å². The number of hydrogen-bond acceptors (Lipinski definition) is 4. The van der Waals surface area contributed by atoms with Crippen LogP contribution in [-0.2, 0) is 11.3 Å². The minimum Gasteiger partial charge on any atom is -0.486 e. The number of nitrogens with zero attached hydrogens (tertiary/aromatic N) is 2. The second-order valence-corrected chi connectivity index (χ2v) is 8.73. The molecular formula is C21H29BrN2O3. The molecular weight excluding hydrogens is 408 g/mol. The molecule has 148 valence electrons. The van der Waals surface area contributed by atoms with Crippen LogP contribution in [0.5, 0.6) is 11.5 Å². The molecule has 1 aromatic rings. The second-order valence-electron chi connectivity index (χ2n) is 7.88. The van der Waals surface area contributed by atoms with E-state index in [-0.39, 0.29) is 5.92 Å². The molecule has 3 aliphatic heterocycles. The van der Waals surface area contributed by atoms with Crippen molar-refractivity contribution in [3.05, 3.63) is 22.2 Å². The quantitative estimate of drug-likeness (QED) is 0.721. The molecule has 1 aromatic carbocycles. The molecule has 0 aromatic heterocycles. The van der Waals surface area contributed by atoms with Gasteiger partial charge < -0.3 is 14.4 Å². The number of fused-ring (bicyclic) bond motifs is 1. The Labute approximate surface area is 170 Å². The van der Waals surface area contributed by atoms with Crippen LogP contribution in [0.1, 0.15) is 44.1 Å². The molecule has 1 amide bonds. The average Bonchev–Trinajstić information content (AvgIpc) is 2.98. The lowest BCUT2D eigenvalue weighted by atomic mass is 9.94. The summed E-state index contributed by atoms with van der Waals surface area (Å²) in [6.45, 7) is 5.97. The largest absolute Gasteiger partial charge is 0.486 e. The Morgan fingerprint density at radius 2 is 1.59 bits per heavy atom. The predicted octanol–water partition coefficient (Wildman–Crippen LogP) is 3.83. The molecule has 6 heteroatoms. The fourth-order valence-electron chi connectivity index (χ4n) is 4.36. The van der Waals surface area contributed by atoms with Gasteiger partial charge in [-0.1, -0.05) is 28.8 Å². The highest BCUT2D eigenvalue weighted by atomic mass is 79.9. The molecule has 0 bridgehead atoms.